The molecule has 23 heavy (non-hydrogen) atoms. The van der Waals surface area contributed by atoms with E-state index in [0.717, 1.165) is 51.5 Å². The minimum atomic E-state index is -0.0272. The van der Waals surface area contributed by atoms with Crippen LogP contribution in [0.15, 0.2) is 31.0 Å². The standard InChI is InChI=1S/C16H22N6O/c1-2-15-19-5-6-21(15)10-7-20-8-11-22(12-9-20)16(23)14-13-17-3-4-18-14/h3-6,13H,2,7-12H2,1H3. The second kappa shape index (κ2) is 7.32. The van der Waals surface area contributed by atoms with E-state index in [2.05, 4.69) is 31.3 Å². The fraction of sp³-hybridized carbons (Fsp3) is 0.500. The van der Waals surface area contributed by atoms with Gasteiger partial charge in [-0.05, 0) is 0 Å². The Hall–Kier alpha value is -2.28. The third-order valence-electron chi connectivity index (χ3n) is 4.22. The van der Waals surface area contributed by atoms with E-state index in [1.807, 2.05) is 17.3 Å². The lowest BCUT2D eigenvalue weighted by Gasteiger charge is -2.34. The van der Waals surface area contributed by atoms with Gasteiger partial charge in [0.15, 0.2) is 0 Å². The van der Waals surface area contributed by atoms with E-state index in [-0.39, 0.29) is 5.91 Å². The van der Waals surface area contributed by atoms with E-state index >= 15 is 0 Å². The third-order valence-corrected chi connectivity index (χ3v) is 4.22. The maximum absolute atomic E-state index is 12.3. The molecule has 0 atom stereocenters. The van der Waals surface area contributed by atoms with E-state index in [9.17, 15) is 4.79 Å². The Balaban J connectivity index is 1.48. The lowest BCUT2D eigenvalue weighted by Crippen LogP contribution is -2.49. The van der Waals surface area contributed by atoms with Gasteiger partial charge in [0, 0.05) is 70.5 Å². The first-order chi connectivity index (χ1) is 11.3. The number of carbonyl (C=O) groups excluding carboxylic acids is 1. The summed E-state index contributed by atoms with van der Waals surface area (Å²) in [6.07, 6.45) is 9.51. The van der Waals surface area contributed by atoms with Crippen LogP contribution >= 0.6 is 0 Å². The molecule has 1 saturated heterocycles. The molecule has 0 aliphatic carbocycles. The van der Waals surface area contributed by atoms with Crippen molar-refractivity contribution in [2.75, 3.05) is 32.7 Å². The second-order valence-electron chi connectivity index (χ2n) is 5.61. The van der Waals surface area contributed by atoms with Crippen LogP contribution in [0.2, 0.25) is 0 Å². The number of piperazine rings is 1. The van der Waals surface area contributed by atoms with Crippen LogP contribution in [0.3, 0.4) is 0 Å². The minimum Gasteiger partial charge on any atom is -0.335 e. The van der Waals surface area contributed by atoms with E-state index in [4.69, 9.17) is 0 Å². The molecule has 0 radical (unpaired) electrons. The van der Waals surface area contributed by atoms with Crippen LogP contribution in [0, 0.1) is 0 Å². The average Bonchev–Trinajstić information content (AvgIpc) is 3.08. The summed E-state index contributed by atoms with van der Waals surface area (Å²) in [5.74, 6) is 1.10. The predicted molar refractivity (Wildman–Crippen MR) is 86.0 cm³/mol. The summed E-state index contributed by atoms with van der Waals surface area (Å²) in [6.45, 7) is 7.30. The van der Waals surface area contributed by atoms with Crippen LogP contribution in [0.5, 0.6) is 0 Å². The predicted octanol–water partition coefficient (Wildman–Crippen LogP) is 0.693. The van der Waals surface area contributed by atoms with Crippen LogP contribution in [-0.2, 0) is 13.0 Å². The van der Waals surface area contributed by atoms with Crippen molar-refractivity contribution in [3.8, 4) is 0 Å². The lowest BCUT2D eigenvalue weighted by atomic mass is 10.2. The Kier molecular flexibility index (Phi) is 4.97. The fourth-order valence-electron chi connectivity index (χ4n) is 2.85. The maximum Gasteiger partial charge on any atom is 0.274 e. The minimum absolute atomic E-state index is 0.0272. The van der Waals surface area contributed by atoms with Gasteiger partial charge in [0.05, 0.1) is 6.20 Å². The topological polar surface area (TPSA) is 67.2 Å². The molecule has 0 aromatic carbocycles. The monoisotopic (exact) mass is 314 g/mol. The van der Waals surface area contributed by atoms with Gasteiger partial charge in [0.25, 0.3) is 5.91 Å². The van der Waals surface area contributed by atoms with Gasteiger partial charge in [0.1, 0.15) is 11.5 Å². The first-order valence-corrected chi connectivity index (χ1v) is 8.05. The van der Waals surface area contributed by atoms with Crippen molar-refractivity contribution in [1.82, 2.24) is 29.3 Å². The summed E-state index contributed by atoms with van der Waals surface area (Å²) in [6, 6.07) is 0. The lowest BCUT2D eigenvalue weighted by molar-refractivity contribution is 0.0627. The molecule has 122 valence electrons. The van der Waals surface area contributed by atoms with Crippen molar-refractivity contribution in [1.29, 1.82) is 0 Å². The van der Waals surface area contributed by atoms with Crippen molar-refractivity contribution in [2.24, 2.45) is 0 Å². The summed E-state index contributed by atoms with van der Waals surface area (Å²) < 4.78 is 2.21. The maximum atomic E-state index is 12.3. The summed E-state index contributed by atoms with van der Waals surface area (Å²) in [5.41, 5.74) is 0.423. The number of nitrogens with zero attached hydrogens (tertiary/aromatic N) is 6. The molecular formula is C16H22N6O. The molecule has 2 aromatic heterocycles. The van der Waals surface area contributed by atoms with Gasteiger partial charge in [-0.2, -0.15) is 0 Å². The number of imidazole rings is 1. The molecule has 0 unspecified atom stereocenters. The number of aryl methyl sites for hydroxylation is 1. The Morgan fingerprint density at radius 2 is 1.91 bits per heavy atom. The number of hydrogen-bond acceptors (Lipinski definition) is 5. The highest BCUT2D eigenvalue weighted by Crippen LogP contribution is 2.07. The highest BCUT2D eigenvalue weighted by atomic mass is 16.2. The molecule has 7 nitrogen and oxygen atoms in total. The number of carbonyl (C=O) groups is 1. The summed E-state index contributed by atoms with van der Waals surface area (Å²) in [4.78, 5) is 29.0. The largest absolute Gasteiger partial charge is 0.335 e. The van der Waals surface area contributed by atoms with Crippen LogP contribution in [0.4, 0.5) is 0 Å². The molecule has 3 rings (SSSR count). The first kappa shape index (κ1) is 15.6. The molecule has 0 N–H and O–H groups in total. The molecule has 1 fully saturated rings. The van der Waals surface area contributed by atoms with Crippen molar-refractivity contribution in [3.05, 3.63) is 42.5 Å². The van der Waals surface area contributed by atoms with Crippen LogP contribution < -0.4 is 0 Å². The summed E-state index contributed by atoms with van der Waals surface area (Å²) in [7, 11) is 0. The molecule has 7 heteroatoms. The fourth-order valence-corrected chi connectivity index (χ4v) is 2.85. The second-order valence-corrected chi connectivity index (χ2v) is 5.61. The van der Waals surface area contributed by atoms with Gasteiger partial charge in [-0.1, -0.05) is 6.92 Å². The van der Waals surface area contributed by atoms with Crippen LogP contribution in [0.1, 0.15) is 23.2 Å². The van der Waals surface area contributed by atoms with Crippen LogP contribution in [0.25, 0.3) is 0 Å². The Morgan fingerprint density at radius 3 is 2.61 bits per heavy atom. The molecule has 1 amide bonds. The van der Waals surface area contributed by atoms with Gasteiger partial charge in [-0.3, -0.25) is 14.7 Å². The van der Waals surface area contributed by atoms with Gasteiger partial charge in [-0.25, -0.2) is 9.97 Å². The molecular weight excluding hydrogens is 292 g/mol. The number of hydrogen-bond donors (Lipinski definition) is 0. The number of aromatic nitrogens is 4. The molecule has 0 bridgehead atoms. The van der Waals surface area contributed by atoms with E-state index in [1.54, 1.807) is 12.4 Å². The van der Waals surface area contributed by atoms with E-state index in [0.29, 0.717) is 5.69 Å². The Bertz CT molecular complexity index is 633. The molecule has 1 aliphatic heterocycles. The Morgan fingerprint density at radius 1 is 1.09 bits per heavy atom. The van der Waals surface area contributed by atoms with Gasteiger partial charge >= 0.3 is 0 Å². The zero-order chi connectivity index (χ0) is 16.1. The van der Waals surface area contributed by atoms with E-state index < -0.39 is 0 Å². The quantitative estimate of drug-likeness (QED) is 0.812. The SMILES string of the molecule is CCc1nccn1CCN1CCN(C(=O)c2cnccn2)CC1. The molecule has 0 saturated carbocycles. The molecule has 1 aliphatic rings. The van der Waals surface area contributed by atoms with E-state index in [1.165, 1.54) is 6.20 Å². The highest BCUT2D eigenvalue weighted by Gasteiger charge is 2.22. The highest BCUT2D eigenvalue weighted by molar-refractivity contribution is 5.92. The number of rotatable bonds is 5. The molecule has 3 heterocycles. The summed E-state index contributed by atoms with van der Waals surface area (Å²) in [5, 5.41) is 0. The normalized spacial score (nSPS) is 15.8. The average molecular weight is 314 g/mol. The van der Waals surface area contributed by atoms with Gasteiger partial charge in [-0.15, -0.1) is 0 Å². The molecule has 2 aromatic rings. The Labute approximate surface area is 136 Å². The first-order valence-electron chi connectivity index (χ1n) is 8.05. The van der Waals surface area contributed by atoms with Crippen molar-refractivity contribution >= 4 is 5.91 Å². The van der Waals surface area contributed by atoms with Gasteiger partial charge in [0.2, 0.25) is 0 Å². The number of amides is 1. The third kappa shape index (κ3) is 3.73. The van der Waals surface area contributed by atoms with Crippen molar-refractivity contribution < 1.29 is 4.79 Å². The molecule has 0 spiro atoms. The van der Waals surface area contributed by atoms with Crippen LogP contribution in [-0.4, -0.2) is 67.9 Å². The van der Waals surface area contributed by atoms with Crippen molar-refractivity contribution in [2.45, 2.75) is 19.9 Å². The van der Waals surface area contributed by atoms with Gasteiger partial charge < -0.3 is 9.47 Å². The zero-order valence-electron chi connectivity index (χ0n) is 13.4. The van der Waals surface area contributed by atoms with Crippen molar-refractivity contribution in [3.63, 3.8) is 0 Å². The zero-order valence-corrected chi connectivity index (χ0v) is 13.4. The smallest absolute Gasteiger partial charge is 0.274 e. The summed E-state index contributed by atoms with van der Waals surface area (Å²) >= 11 is 0.